The number of halogens is 1. The van der Waals surface area contributed by atoms with Gasteiger partial charge in [0.25, 0.3) is 0 Å². The van der Waals surface area contributed by atoms with Gasteiger partial charge in [-0.2, -0.15) is 0 Å². The van der Waals surface area contributed by atoms with Crippen molar-refractivity contribution in [2.45, 2.75) is 44.0 Å². The molecule has 0 aliphatic carbocycles. The largest absolute Gasteiger partial charge is 0.481 e. The number of aliphatic carboxylic acids is 1. The van der Waals surface area contributed by atoms with Crippen LogP contribution in [0.2, 0.25) is 0 Å². The highest BCUT2D eigenvalue weighted by Crippen LogP contribution is 2.15. The van der Waals surface area contributed by atoms with Gasteiger partial charge in [0.1, 0.15) is 10.7 Å². The average Bonchev–Trinajstić information content (AvgIpc) is 2.38. The van der Waals surface area contributed by atoms with E-state index in [-0.39, 0.29) is 4.90 Å². The van der Waals surface area contributed by atoms with Crippen molar-refractivity contribution >= 4 is 16.0 Å². The molecule has 1 rings (SSSR count). The van der Waals surface area contributed by atoms with Gasteiger partial charge < -0.3 is 5.11 Å². The van der Waals surface area contributed by atoms with Crippen LogP contribution in [0.4, 0.5) is 4.39 Å². The first-order chi connectivity index (χ1) is 9.74. The molecular weight excluding hydrogens is 297 g/mol. The zero-order valence-electron chi connectivity index (χ0n) is 12.0. The molecule has 2 N–H and O–H groups in total. The first kappa shape index (κ1) is 17.6. The molecule has 118 valence electrons. The van der Waals surface area contributed by atoms with Crippen molar-refractivity contribution < 1.29 is 22.7 Å². The molecule has 7 heteroatoms. The quantitative estimate of drug-likeness (QED) is 0.771. The third-order valence-electron chi connectivity index (χ3n) is 3.18. The zero-order chi connectivity index (χ0) is 16.0. The van der Waals surface area contributed by atoms with Crippen molar-refractivity contribution in [3.8, 4) is 0 Å². The molecule has 1 aromatic carbocycles. The van der Waals surface area contributed by atoms with Gasteiger partial charge in [-0.1, -0.05) is 25.5 Å². The van der Waals surface area contributed by atoms with Crippen LogP contribution in [0.5, 0.6) is 0 Å². The van der Waals surface area contributed by atoms with Crippen LogP contribution in [0.15, 0.2) is 29.2 Å². The Morgan fingerprint density at radius 2 is 1.90 bits per heavy atom. The van der Waals surface area contributed by atoms with E-state index >= 15 is 0 Å². The minimum atomic E-state index is -3.90. The van der Waals surface area contributed by atoms with Crippen LogP contribution in [-0.4, -0.2) is 25.5 Å². The SMILES string of the molecule is CC(CCCC(C)C(=O)O)NS(=O)(=O)c1ccccc1F. The Bertz CT molecular complexity index is 588. The van der Waals surface area contributed by atoms with Gasteiger partial charge in [-0.3, -0.25) is 4.79 Å². The summed E-state index contributed by atoms with van der Waals surface area (Å²) in [4.78, 5) is 10.3. The summed E-state index contributed by atoms with van der Waals surface area (Å²) in [6, 6.07) is 4.78. The minimum Gasteiger partial charge on any atom is -0.481 e. The Labute approximate surface area is 124 Å². The Morgan fingerprint density at radius 3 is 2.48 bits per heavy atom. The monoisotopic (exact) mass is 317 g/mol. The standard InChI is InChI=1S/C14H20FNO4S/c1-10(14(17)18)6-5-7-11(2)16-21(19,20)13-9-4-3-8-12(13)15/h3-4,8-11,16H,5-7H2,1-2H3,(H,17,18). The van der Waals surface area contributed by atoms with Gasteiger partial charge in [0.15, 0.2) is 0 Å². The molecular formula is C14H20FNO4S. The lowest BCUT2D eigenvalue weighted by Gasteiger charge is -2.15. The summed E-state index contributed by atoms with van der Waals surface area (Å²) in [5.74, 6) is -2.12. The molecule has 0 aliphatic heterocycles. The van der Waals surface area contributed by atoms with Gasteiger partial charge in [0.05, 0.1) is 5.92 Å². The van der Waals surface area contributed by atoms with Crippen molar-refractivity contribution in [3.63, 3.8) is 0 Å². The fourth-order valence-electron chi connectivity index (χ4n) is 1.90. The third kappa shape index (κ3) is 5.43. The zero-order valence-corrected chi connectivity index (χ0v) is 12.9. The molecule has 0 radical (unpaired) electrons. The molecule has 21 heavy (non-hydrogen) atoms. The molecule has 0 amide bonds. The number of carboxylic acid groups (broad SMARTS) is 1. The number of benzene rings is 1. The molecule has 2 atom stereocenters. The van der Waals surface area contributed by atoms with Gasteiger partial charge in [-0.05, 0) is 31.9 Å². The maximum absolute atomic E-state index is 13.5. The van der Waals surface area contributed by atoms with Gasteiger partial charge in [0.2, 0.25) is 10.0 Å². The predicted octanol–water partition coefficient (Wildman–Crippen LogP) is 2.38. The molecule has 0 spiro atoms. The molecule has 0 saturated carbocycles. The second-order valence-corrected chi connectivity index (χ2v) is 6.81. The van der Waals surface area contributed by atoms with Crippen molar-refractivity contribution in [2.75, 3.05) is 0 Å². The topological polar surface area (TPSA) is 83.5 Å². The van der Waals surface area contributed by atoms with Gasteiger partial charge in [-0.15, -0.1) is 0 Å². The Balaban J connectivity index is 2.56. The fraction of sp³-hybridized carbons (Fsp3) is 0.500. The summed E-state index contributed by atoms with van der Waals surface area (Å²) in [6.45, 7) is 3.28. The van der Waals surface area contributed by atoms with Gasteiger partial charge in [-0.25, -0.2) is 17.5 Å². The summed E-state index contributed by atoms with van der Waals surface area (Å²) < 4.78 is 39.9. The number of carbonyl (C=O) groups is 1. The van der Waals surface area contributed by atoms with Crippen LogP contribution in [0.1, 0.15) is 33.1 Å². The molecule has 0 bridgehead atoms. The van der Waals surface area contributed by atoms with Crippen molar-refractivity contribution in [3.05, 3.63) is 30.1 Å². The Kier molecular flexibility index (Phi) is 6.29. The van der Waals surface area contributed by atoms with Crippen LogP contribution in [0.3, 0.4) is 0 Å². The van der Waals surface area contributed by atoms with Gasteiger partial charge in [0, 0.05) is 6.04 Å². The first-order valence-corrected chi connectivity index (χ1v) is 8.22. The predicted molar refractivity (Wildman–Crippen MR) is 76.8 cm³/mol. The minimum absolute atomic E-state index is 0.379. The molecule has 5 nitrogen and oxygen atoms in total. The number of sulfonamides is 1. The second-order valence-electron chi connectivity index (χ2n) is 5.12. The number of rotatable bonds is 8. The number of hydrogen-bond donors (Lipinski definition) is 2. The molecule has 0 saturated heterocycles. The van der Waals surface area contributed by atoms with Crippen LogP contribution < -0.4 is 4.72 Å². The highest BCUT2D eigenvalue weighted by Gasteiger charge is 2.21. The fourth-order valence-corrected chi connectivity index (χ4v) is 3.26. The van der Waals surface area contributed by atoms with E-state index in [1.807, 2.05) is 0 Å². The third-order valence-corrected chi connectivity index (χ3v) is 4.80. The van der Waals surface area contributed by atoms with E-state index in [4.69, 9.17) is 5.11 Å². The lowest BCUT2D eigenvalue weighted by atomic mass is 10.0. The highest BCUT2D eigenvalue weighted by atomic mass is 32.2. The number of hydrogen-bond acceptors (Lipinski definition) is 3. The molecule has 2 unspecified atom stereocenters. The molecule has 0 heterocycles. The van der Waals surface area contributed by atoms with Crippen LogP contribution in [0, 0.1) is 11.7 Å². The van der Waals surface area contributed by atoms with E-state index in [1.165, 1.54) is 18.2 Å². The van der Waals surface area contributed by atoms with E-state index in [1.54, 1.807) is 13.8 Å². The second kappa shape index (κ2) is 7.51. The number of nitrogens with one attached hydrogen (secondary N) is 1. The van der Waals surface area contributed by atoms with Crippen LogP contribution in [-0.2, 0) is 14.8 Å². The summed E-state index contributed by atoms with van der Waals surface area (Å²) in [5.41, 5.74) is 0. The van der Waals surface area contributed by atoms with E-state index < -0.39 is 33.8 Å². The summed E-state index contributed by atoms with van der Waals surface area (Å²) in [5, 5.41) is 8.76. The van der Waals surface area contributed by atoms with Crippen LogP contribution in [0.25, 0.3) is 0 Å². The summed E-state index contributed by atoms with van der Waals surface area (Å²) in [7, 11) is -3.90. The maximum Gasteiger partial charge on any atom is 0.306 e. The van der Waals surface area contributed by atoms with E-state index in [2.05, 4.69) is 4.72 Å². The lowest BCUT2D eigenvalue weighted by molar-refractivity contribution is -0.141. The van der Waals surface area contributed by atoms with Crippen molar-refractivity contribution in [1.29, 1.82) is 0 Å². The van der Waals surface area contributed by atoms with Crippen molar-refractivity contribution in [2.24, 2.45) is 5.92 Å². The molecule has 0 aliphatic rings. The summed E-state index contributed by atoms with van der Waals surface area (Å²) >= 11 is 0. The Morgan fingerprint density at radius 1 is 1.29 bits per heavy atom. The van der Waals surface area contributed by atoms with Crippen LogP contribution >= 0.6 is 0 Å². The summed E-state index contributed by atoms with van der Waals surface area (Å²) in [6.07, 6.45) is 1.54. The van der Waals surface area contributed by atoms with E-state index in [9.17, 15) is 17.6 Å². The van der Waals surface area contributed by atoms with E-state index in [0.717, 1.165) is 6.07 Å². The Hall–Kier alpha value is -1.47. The first-order valence-electron chi connectivity index (χ1n) is 6.73. The molecule has 0 fully saturated rings. The van der Waals surface area contributed by atoms with Gasteiger partial charge >= 0.3 is 5.97 Å². The highest BCUT2D eigenvalue weighted by molar-refractivity contribution is 7.89. The average molecular weight is 317 g/mol. The maximum atomic E-state index is 13.5. The van der Waals surface area contributed by atoms with Crippen molar-refractivity contribution in [1.82, 2.24) is 4.72 Å². The molecule has 1 aromatic rings. The van der Waals surface area contributed by atoms with E-state index in [0.29, 0.717) is 19.3 Å². The lowest BCUT2D eigenvalue weighted by Crippen LogP contribution is -2.33. The number of carboxylic acids is 1. The normalized spacial score (nSPS) is 14.6. The smallest absolute Gasteiger partial charge is 0.306 e. The molecule has 0 aromatic heterocycles.